The van der Waals surface area contributed by atoms with Crippen LogP contribution in [0.2, 0.25) is 0 Å². The highest BCUT2D eigenvalue weighted by molar-refractivity contribution is 5.45. The van der Waals surface area contributed by atoms with Crippen molar-refractivity contribution in [2.75, 3.05) is 7.11 Å². The number of rotatable bonds is 5. The summed E-state index contributed by atoms with van der Waals surface area (Å²) >= 11 is 0. The summed E-state index contributed by atoms with van der Waals surface area (Å²) in [6.45, 7) is 7.70. The molecule has 6 heteroatoms. The molecule has 0 saturated heterocycles. The number of nitrogens with one attached hydrogen (secondary N) is 1. The summed E-state index contributed by atoms with van der Waals surface area (Å²) in [5, 5.41) is 6.59. The van der Waals surface area contributed by atoms with Gasteiger partial charge in [0.25, 0.3) is 0 Å². The minimum Gasteiger partial charge on any atom is -0.497 e. The number of hydrogen-bond donors (Lipinski definition) is 1. The van der Waals surface area contributed by atoms with Crippen LogP contribution in [0.3, 0.4) is 0 Å². The molecule has 1 aromatic carbocycles. The molecule has 1 N–H and O–H groups in total. The van der Waals surface area contributed by atoms with Crippen LogP contribution in [0.15, 0.2) is 23.0 Å². The lowest BCUT2D eigenvalue weighted by Crippen LogP contribution is -2.20. The summed E-state index contributed by atoms with van der Waals surface area (Å²) < 4.78 is 12.5. The molecule has 0 radical (unpaired) electrons. The Morgan fingerprint density at radius 2 is 2.00 bits per heavy atom. The summed E-state index contributed by atoms with van der Waals surface area (Å²) in [4.78, 5) is 12.1. The van der Waals surface area contributed by atoms with E-state index in [1.54, 1.807) is 11.7 Å². The number of aryl methyl sites for hydroxylation is 1. The van der Waals surface area contributed by atoms with Crippen LogP contribution in [0.25, 0.3) is 5.69 Å². The number of benzene rings is 1. The first-order valence-electron chi connectivity index (χ1n) is 6.91. The van der Waals surface area contributed by atoms with Crippen LogP contribution in [-0.4, -0.2) is 28.0 Å². The minimum absolute atomic E-state index is 0.0530. The van der Waals surface area contributed by atoms with Crippen LogP contribution in [0.1, 0.15) is 38.3 Å². The Labute approximate surface area is 123 Å². The van der Waals surface area contributed by atoms with Gasteiger partial charge in [-0.05, 0) is 51.5 Å². The molecule has 0 saturated carbocycles. The molecule has 21 heavy (non-hydrogen) atoms. The number of aromatic amines is 1. The SMILES string of the molecule is COc1ccc(-n2c([C@@H](C)OC(C)C)n[nH]c2=O)c(C)c1. The second-order valence-electron chi connectivity index (χ2n) is 5.20. The second-order valence-corrected chi connectivity index (χ2v) is 5.20. The van der Waals surface area contributed by atoms with E-state index in [4.69, 9.17) is 9.47 Å². The van der Waals surface area contributed by atoms with Crippen LogP contribution < -0.4 is 10.4 Å². The van der Waals surface area contributed by atoms with E-state index < -0.39 is 0 Å². The van der Waals surface area contributed by atoms with Crippen molar-refractivity contribution in [3.63, 3.8) is 0 Å². The molecule has 0 fully saturated rings. The highest BCUT2D eigenvalue weighted by Crippen LogP contribution is 2.23. The maximum atomic E-state index is 12.1. The van der Waals surface area contributed by atoms with Crippen molar-refractivity contribution < 1.29 is 9.47 Å². The second kappa shape index (κ2) is 6.13. The Bertz CT molecular complexity index is 673. The van der Waals surface area contributed by atoms with Gasteiger partial charge in [0.15, 0.2) is 5.82 Å². The monoisotopic (exact) mass is 291 g/mol. The molecular weight excluding hydrogens is 270 g/mol. The largest absolute Gasteiger partial charge is 0.497 e. The van der Waals surface area contributed by atoms with Gasteiger partial charge < -0.3 is 9.47 Å². The van der Waals surface area contributed by atoms with Crippen LogP contribution >= 0.6 is 0 Å². The predicted molar refractivity (Wildman–Crippen MR) is 80.1 cm³/mol. The summed E-state index contributed by atoms with van der Waals surface area (Å²) in [7, 11) is 1.61. The average molecular weight is 291 g/mol. The van der Waals surface area contributed by atoms with Crippen LogP contribution in [0, 0.1) is 6.92 Å². The minimum atomic E-state index is -0.287. The molecular formula is C15H21N3O3. The van der Waals surface area contributed by atoms with Crippen LogP contribution in [0.4, 0.5) is 0 Å². The Morgan fingerprint density at radius 3 is 2.57 bits per heavy atom. The summed E-state index contributed by atoms with van der Waals surface area (Å²) in [6, 6.07) is 5.54. The maximum Gasteiger partial charge on any atom is 0.348 e. The van der Waals surface area contributed by atoms with E-state index in [0.29, 0.717) is 5.82 Å². The van der Waals surface area contributed by atoms with Gasteiger partial charge in [0, 0.05) is 0 Å². The number of hydrogen-bond acceptors (Lipinski definition) is 4. The van der Waals surface area contributed by atoms with Crippen molar-refractivity contribution in [1.29, 1.82) is 0 Å². The zero-order valence-electron chi connectivity index (χ0n) is 13.0. The van der Waals surface area contributed by atoms with Crippen LogP contribution in [-0.2, 0) is 4.74 Å². The number of nitrogens with zero attached hydrogens (tertiary/aromatic N) is 2. The molecule has 0 amide bonds. The number of ether oxygens (including phenoxy) is 2. The van der Waals surface area contributed by atoms with Crippen molar-refractivity contribution >= 4 is 0 Å². The van der Waals surface area contributed by atoms with Gasteiger partial charge in [0.1, 0.15) is 11.9 Å². The molecule has 1 aromatic heterocycles. The highest BCUT2D eigenvalue weighted by atomic mass is 16.5. The molecule has 0 aliphatic carbocycles. The number of methoxy groups -OCH3 is 1. The van der Waals surface area contributed by atoms with Gasteiger partial charge in [-0.25, -0.2) is 14.5 Å². The lowest BCUT2D eigenvalue weighted by atomic mass is 10.2. The van der Waals surface area contributed by atoms with E-state index in [1.165, 1.54) is 0 Å². The van der Waals surface area contributed by atoms with E-state index in [1.807, 2.05) is 45.9 Å². The van der Waals surface area contributed by atoms with E-state index >= 15 is 0 Å². The molecule has 6 nitrogen and oxygen atoms in total. The number of H-pyrrole nitrogens is 1. The fourth-order valence-electron chi connectivity index (χ4n) is 2.29. The first-order chi connectivity index (χ1) is 9.93. The topological polar surface area (TPSA) is 69.1 Å². The van der Waals surface area contributed by atoms with Crippen LogP contribution in [0.5, 0.6) is 5.75 Å². The fourth-order valence-corrected chi connectivity index (χ4v) is 2.29. The third-order valence-corrected chi connectivity index (χ3v) is 3.18. The maximum absolute atomic E-state index is 12.1. The van der Waals surface area contributed by atoms with Gasteiger partial charge in [-0.3, -0.25) is 0 Å². The van der Waals surface area contributed by atoms with Crippen molar-refractivity contribution in [2.45, 2.75) is 39.9 Å². The molecule has 0 aliphatic heterocycles. The lowest BCUT2D eigenvalue weighted by Gasteiger charge is -2.17. The average Bonchev–Trinajstić information content (AvgIpc) is 2.79. The molecule has 0 aliphatic rings. The van der Waals surface area contributed by atoms with E-state index in [-0.39, 0.29) is 17.9 Å². The Balaban J connectivity index is 2.49. The van der Waals surface area contributed by atoms with Gasteiger partial charge >= 0.3 is 5.69 Å². The standard InChI is InChI=1S/C15H21N3O3/c1-9(2)21-11(4)14-16-17-15(19)18(14)13-7-6-12(20-5)8-10(13)3/h6-9,11H,1-5H3,(H,17,19)/t11-/m1/s1. The van der Waals surface area contributed by atoms with Crippen molar-refractivity contribution in [2.24, 2.45) is 0 Å². The molecule has 1 atom stereocenters. The zero-order chi connectivity index (χ0) is 15.6. The van der Waals surface area contributed by atoms with E-state index in [0.717, 1.165) is 17.0 Å². The van der Waals surface area contributed by atoms with Gasteiger partial charge in [-0.2, -0.15) is 5.10 Å². The number of aromatic nitrogens is 3. The summed E-state index contributed by atoms with van der Waals surface area (Å²) in [6.07, 6.45) is -0.234. The van der Waals surface area contributed by atoms with Crippen molar-refractivity contribution in [3.05, 3.63) is 40.1 Å². The third kappa shape index (κ3) is 3.16. The zero-order valence-corrected chi connectivity index (χ0v) is 13.0. The smallest absolute Gasteiger partial charge is 0.348 e. The first kappa shape index (κ1) is 15.3. The molecule has 2 rings (SSSR count). The summed E-state index contributed by atoms with van der Waals surface area (Å²) in [5.74, 6) is 1.31. The molecule has 1 heterocycles. The molecule has 114 valence electrons. The molecule has 0 unspecified atom stereocenters. The van der Waals surface area contributed by atoms with Crippen molar-refractivity contribution in [3.8, 4) is 11.4 Å². The Morgan fingerprint density at radius 1 is 1.29 bits per heavy atom. The molecule has 2 aromatic rings. The van der Waals surface area contributed by atoms with Gasteiger partial charge in [-0.1, -0.05) is 0 Å². The lowest BCUT2D eigenvalue weighted by molar-refractivity contribution is 0.0118. The highest BCUT2D eigenvalue weighted by Gasteiger charge is 2.19. The van der Waals surface area contributed by atoms with Gasteiger partial charge in [-0.15, -0.1) is 0 Å². The normalized spacial score (nSPS) is 12.7. The predicted octanol–water partition coefficient (Wildman–Crippen LogP) is 2.36. The first-order valence-corrected chi connectivity index (χ1v) is 6.91. The Kier molecular flexibility index (Phi) is 4.47. The fraction of sp³-hybridized carbons (Fsp3) is 0.467. The molecule has 0 spiro atoms. The third-order valence-electron chi connectivity index (χ3n) is 3.18. The summed E-state index contributed by atoms with van der Waals surface area (Å²) in [5.41, 5.74) is 1.41. The Hall–Kier alpha value is -2.08. The van der Waals surface area contributed by atoms with Gasteiger partial charge in [0.05, 0.1) is 18.9 Å². The van der Waals surface area contributed by atoms with E-state index in [2.05, 4.69) is 10.2 Å². The van der Waals surface area contributed by atoms with E-state index in [9.17, 15) is 4.79 Å². The molecule has 0 bridgehead atoms. The quantitative estimate of drug-likeness (QED) is 0.918. The van der Waals surface area contributed by atoms with Crippen molar-refractivity contribution in [1.82, 2.24) is 14.8 Å². The van der Waals surface area contributed by atoms with Gasteiger partial charge in [0.2, 0.25) is 0 Å².